The molecule has 0 bridgehead atoms. The van der Waals surface area contributed by atoms with Crippen LogP contribution in [-0.4, -0.2) is 36.7 Å². The zero-order valence-electron chi connectivity index (χ0n) is 19.4. The lowest BCUT2D eigenvalue weighted by molar-refractivity contribution is 0.100. The Morgan fingerprint density at radius 3 is 1.94 bits per heavy atom. The highest BCUT2D eigenvalue weighted by atomic mass is 32.1. The monoisotopic (exact) mass is 469 g/mol. The second-order valence-corrected chi connectivity index (χ2v) is 7.97. The van der Waals surface area contributed by atoms with E-state index in [-0.39, 0.29) is 17.5 Å². The van der Waals surface area contributed by atoms with Gasteiger partial charge in [0.2, 0.25) is 0 Å². The van der Waals surface area contributed by atoms with Crippen molar-refractivity contribution in [2.75, 3.05) is 25.3 Å². The van der Waals surface area contributed by atoms with Gasteiger partial charge in [-0.25, -0.2) is 4.98 Å². The number of hydrogen-bond acceptors (Lipinski definition) is 8. The van der Waals surface area contributed by atoms with Gasteiger partial charge in [0.25, 0.3) is 5.91 Å². The minimum atomic E-state index is -0.334. The standard InChI is InChI=1S/C14H14N2O3S.C10H13NO2/c1-8-11(19-3)5-4-10(9(2)17)12(8)16-13(18)14-15-6-7-20-14;1-6-9(13-3)5-4-8(7(2)12)10(6)11/h4-7H,1-3H3,(H,16,18);4-5H,11H2,1-3H3. The van der Waals surface area contributed by atoms with Crippen LogP contribution in [0.4, 0.5) is 11.4 Å². The number of nitrogens with one attached hydrogen (secondary N) is 1. The van der Waals surface area contributed by atoms with Crippen molar-refractivity contribution in [1.29, 1.82) is 0 Å². The molecule has 0 aliphatic carbocycles. The lowest BCUT2D eigenvalue weighted by Gasteiger charge is -2.14. The number of benzene rings is 2. The molecule has 3 aromatic rings. The minimum absolute atomic E-state index is 0.0248. The first-order chi connectivity index (χ1) is 15.6. The fraction of sp³-hybridized carbons (Fsp3) is 0.250. The van der Waals surface area contributed by atoms with Crippen molar-refractivity contribution < 1.29 is 23.9 Å². The van der Waals surface area contributed by atoms with Gasteiger partial charge in [0.05, 0.1) is 19.9 Å². The average molecular weight is 470 g/mol. The van der Waals surface area contributed by atoms with Crippen molar-refractivity contribution in [3.8, 4) is 11.5 Å². The molecule has 8 nitrogen and oxygen atoms in total. The van der Waals surface area contributed by atoms with E-state index in [0.717, 1.165) is 5.56 Å². The van der Waals surface area contributed by atoms with Gasteiger partial charge in [0.15, 0.2) is 16.6 Å². The predicted octanol–water partition coefficient (Wildman–Crippen LogP) is 4.70. The number of hydrogen-bond donors (Lipinski definition) is 2. The highest BCUT2D eigenvalue weighted by molar-refractivity contribution is 7.11. The first kappa shape index (κ1) is 25.5. The summed E-state index contributed by atoms with van der Waals surface area (Å²) >= 11 is 1.24. The SMILES string of the molecule is COc1ccc(C(C)=O)c(N)c1C.COc1ccc(C(C)=O)c(NC(=O)c2nccs2)c1C. The van der Waals surface area contributed by atoms with E-state index in [1.54, 1.807) is 57.0 Å². The van der Waals surface area contributed by atoms with Crippen LogP contribution < -0.4 is 20.5 Å². The van der Waals surface area contributed by atoms with E-state index in [4.69, 9.17) is 15.2 Å². The molecule has 3 rings (SSSR count). The smallest absolute Gasteiger partial charge is 0.284 e. The number of rotatable bonds is 6. The van der Waals surface area contributed by atoms with E-state index >= 15 is 0 Å². The molecule has 1 aromatic heterocycles. The molecular weight excluding hydrogens is 442 g/mol. The van der Waals surface area contributed by atoms with Gasteiger partial charge in [-0.3, -0.25) is 14.4 Å². The summed E-state index contributed by atoms with van der Waals surface area (Å²) < 4.78 is 10.3. The topological polar surface area (TPSA) is 121 Å². The molecule has 0 saturated carbocycles. The van der Waals surface area contributed by atoms with Gasteiger partial charge in [-0.05, 0) is 52.0 Å². The van der Waals surface area contributed by atoms with Crippen molar-refractivity contribution in [3.63, 3.8) is 0 Å². The number of methoxy groups -OCH3 is 2. The van der Waals surface area contributed by atoms with Crippen molar-refractivity contribution in [1.82, 2.24) is 4.98 Å². The molecule has 0 aliphatic heterocycles. The number of Topliss-reactive ketones (excluding diaryl/α,β-unsaturated/α-hetero) is 2. The zero-order chi connectivity index (χ0) is 24.7. The molecule has 0 atom stereocenters. The van der Waals surface area contributed by atoms with Crippen LogP contribution in [0.3, 0.4) is 0 Å². The molecule has 1 heterocycles. The van der Waals surface area contributed by atoms with Crippen LogP contribution >= 0.6 is 11.3 Å². The maximum atomic E-state index is 12.1. The summed E-state index contributed by atoms with van der Waals surface area (Å²) in [6.45, 7) is 6.58. The minimum Gasteiger partial charge on any atom is -0.496 e. The first-order valence-corrected chi connectivity index (χ1v) is 10.8. The molecule has 33 heavy (non-hydrogen) atoms. The number of ketones is 2. The molecular formula is C24H27N3O5S. The normalized spacial score (nSPS) is 10.0. The van der Waals surface area contributed by atoms with E-state index < -0.39 is 0 Å². The lowest BCUT2D eigenvalue weighted by atomic mass is 10.0. The van der Waals surface area contributed by atoms with E-state index in [1.807, 2.05) is 6.92 Å². The number of nitrogens with zero attached hydrogens (tertiary/aromatic N) is 1. The van der Waals surface area contributed by atoms with Gasteiger partial charge in [0.1, 0.15) is 11.5 Å². The highest BCUT2D eigenvalue weighted by Gasteiger charge is 2.18. The van der Waals surface area contributed by atoms with Gasteiger partial charge in [-0.1, -0.05) is 0 Å². The van der Waals surface area contributed by atoms with Crippen molar-refractivity contribution in [2.24, 2.45) is 0 Å². The van der Waals surface area contributed by atoms with E-state index in [9.17, 15) is 14.4 Å². The Hall–Kier alpha value is -3.72. The van der Waals surface area contributed by atoms with Gasteiger partial charge in [-0.15, -0.1) is 11.3 Å². The van der Waals surface area contributed by atoms with Crippen molar-refractivity contribution in [2.45, 2.75) is 27.7 Å². The summed E-state index contributed by atoms with van der Waals surface area (Å²) in [5, 5.41) is 4.82. The quantitative estimate of drug-likeness (QED) is 0.396. The van der Waals surface area contributed by atoms with Crippen molar-refractivity contribution >= 4 is 40.2 Å². The fourth-order valence-corrected chi connectivity index (χ4v) is 3.64. The molecule has 0 radical (unpaired) electrons. The number of carbonyl (C=O) groups excluding carboxylic acids is 3. The Bertz CT molecular complexity index is 1170. The maximum Gasteiger partial charge on any atom is 0.284 e. The molecule has 174 valence electrons. The second kappa shape index (κ2) is 11.2. The Morgan fingerprint density at radius 2 is 1.45 bits per heavy atom. The number of ether oxygens (including phenoxy) is 2. The largest absolute Gasteiger partial charge is 0.496 e. The van der Waals surface area contributed by atoms with Crippen LogP contribution in [0.2, 0.25) is 0 Å². The second-order valence-electron chi connectivity index (χ2n) is 7.07. The number of carbonyl (C=O) groups is 3. The van der Waals surface area contributed by atoms with Gasteiger partial charge in [0, 0.05) is 39.5 Å². The number of thiazole rings is 1. The Labute approximate surface area is 196 Å². The summed E-state index contributed by atoms with van der Waals surface area (Å²) in [5.74, 6) is 0.847. The number of anilines is 2. The molecule has 2 aromatic carbocycles. The average Bonchev–Trinajstić information content (AvgIpc) is 3.32. The zero-order valence-corrected chi connectivity index (χ0v) is 20.3. The van der Waals surface area contributed by atoms with Crippen LogP contribution in [0.15, 0.2) is 35.8 Å². The van der Waals surface area contributed by atoms with Gasteiger partial charge >= 0.3 is 0 Å². The molecule has 1 amide bonds. The molecule has 0 spiro atoms. The lowest BCUT2D eigenvalue weighted by Crippen LogP contribution is -2.15. The highest BCUT2D eigenvalue weighted by Crippen LogP contribution is 2.30. The van der Waals surface area contributed by atoms with Crippen LogP contribution in [0.1, 0.15) is 55.5 Å². The molecule has 0 fully saturated rings. The van der Waals surface area contributed by atoms with Gasteiger partial charge in [-0.2, -0.15) is 0 Å². The van der Waals surface area contributed by atoms with E-state index in [2.05, 4.69) is 10.3 Å². The Balaban J connectivity index is 0.000000257. The third-order valence-electron chi connectivity index (χ3n) is 4.94. The number of nitrogens with two attached hydrogens (primary N) is 1. The van der Waals surface area contributed by atoms with Crippen LogP contribution in [-0.2, 0) is 0 Å². The summed E-state index contributed by atoms with van der Waals surface area (Å²) in [6.07, 6.45) is 1.56. The van der Waals surface area contributed by atoms with Crippen molar-refractivity contribution in [3.05, 3.63) is 63.1 Å². The molecule has 3 N–H and O–H groups in total. The Kier molecular flexibility index (Phi) is 8.70. The molecule has 0 unspecified atom stereocenters. The molecule has 0 saturated heterocycles. The van der Waals surface area contributed by atoms with Gasteiger partial charge < -0.3 is 20.5 Å². The summed E-state index contributed by atoms with van der Waals surface area (Å²) in [5.41, 5.74) is 9.27. The van der Waals surface area contributed by atoms with Crippen LogP contribution in [0, 0.1) is 13.8 Å². The summed E-state index contributed by atoms with van der Waals surface area (Å²) in [4.78, 5) is 38.8. The van der Waals surface area contributed by atoms with E-state index in [0.29, 0.717) is 44.6 Å². The third kappa shape index (κ3) is 5.95. The fourth-order valence-electron chi connectivity index (χ4n) is 3.11. The number of nitrogen functional groups attached to an aromatic ring is 1. The first-order valence-electron chi connectivity index (χ1n) is 9.95. The number of amides is 1. The van der Waals surface area contributed by atoms with Crippen LogP contribution in [0.5, 0.6) is 11.5 Å². The Morgan fingerprint density at radius 1 is 0.909 bits per heavy atom. The predicted molar refractivity (Wildman–Crippen MR) is 130 cm³/mol. The summed E-state index contributed by atoms with van der Waals surface area (Å²) in [6, 6.07) is 6.79. The molecule has 9 heteroatoms. The maximum absolute atomic E-state index is 12.1. The number of aromatic nitrogens is 1. The van der Waals surface area contributed by atoms with Crippen LogP contribution in [0.25, 0.3) is 0 Å². The third-order valence-corrected chi connectivity index (χ3v) is 5.72. The van der Waals surface area contributed by atoms with E-state index in [1.165, 1.54) is 25.2 Å². The summed E-state index contributed by atoms with van der Waals surface area (Å²) in [7, 11) is 3.12. The molecule has 0 aliphatic rings.